The maximum atomic E-state index is 10.4. The van der Waals surface area contributed by atoms with Crippen LogP contribution in [0.25, 0.3) is 0 Å². The number of carbonyl (C=O) groups is 2. The average Bonchev–Trinajstić information content (AvgIpc) is 3.83. The van der Waals surface area contributed by atoms with Crippen LogP contribution in [0.2, 0.25) is 5.02 Å². The van der Waals surface area contributed by atoms with Gasteiger partial charge < -0.3 is 55.5 Å². The number of carboxylic acid groups (broad SMARTS) is 2. The zero-order chi connectivity index (χ0) is 35.1. The number of halogens is 1. The Morgan fingerprint density at radius 2 is 1.54 bits per heavy atom. The molecule has 5 rings (SSSR count). The van der Waals surface area contributed by atoms with E-state index in [2.05, 4.69) is 17.2 Å². The van der Waals surface area contributed by atoms with Crippen LogP contribution in [0.3, 0.4) is 0 Å². The van der Waals surface area contributed by atoms with Crippen molar-refractivity contribution in [1.82, 2.24) is 10.6 Å². The molecule has 0 saturated carbocycles. The van der Waals surface area contributed by atoms with Crippen LogP contribution in [0.5, 0.6) is 5.75 Å². The van der Waals surface area contributed by atoms with Crippen molar-refractivity contribution in [3.05, 3.63) is 76.8 Å². The zero-order valence-corrected chi connectivity index (χ0v) is 27.5. The predicted molar refractivity (Wildman–Crippen MR) is 177 cm³/mol. The Kier molecular flexibility index (Phi) is 16.7. The van der Waals surface area contributed by atoms with Crippen LogP contribution in [0, 0.1) is 0 Å². The Bertz CT molecular complexity index is 1260. The first-order chi connectivity index (χ1) is 23.0. The van der Waals surface area contributed by atoms with Gasteiger partial charge in [-0.3, -0.25) is 9.59 Å². The summed E-state index contributed by atoms with van der Waals surface area (Å²) in [6.45, 7) is 6.25. The summed E-state index contributed by atoms with van der Waals surface area (Å²) in [7, 11) is 0. The summed E-state index contributed by atoms with van der Waals surface area (Å²) >= 11 is 6.39. The lowest BCUT2D eigenvalue weighted by Crippen LogP contribution is -2.55. The smallest absolute Gasteiger partial charge is 0.320 e. The number of hydrogen-bond donors (Lipinski definition) is 8. The highest BCUT2D eigenvalue weighted by atomic mass is 35.5. The van der Waals surface area contributed by atoms with E-state index in [0.29, 0.717) is 36.8 Å². The highest BCUT2D eigenvalue weighted by Gasteiger charge is 2.44. The number of aliphatic carboxylic acids is 2. The summed E-state index contributed by atoms with van der Waals surface area (Å²) in [5.74, 6) is -0.706. The van der Waals surface area contributed by atoms with Gasteiger partial charge in [0.25, 0.3) is 0 Å². The second-order valence-electron chi connectivity index (χ2n) is 11.6. The molecule has 3 fully saturated rings. The Morgan fingerprint density at radius 3 is 2.04 bits per heavy atom. The monoisotopic (exact) mass is 694 g/mol. The molecule has 0 radical (unpaired) electrons. The molecule has 3 aliphatic rings. The van der Waals surface area contributed by atoms with Gasteiger partial charge in [0.1, 0.15) is 55.0 Å². The molecule has 0 aromatic heterocycles. The number of aliphatic hydroxyl groups is 4. The molecule has 48 heavy (non-hydrogen) atoms. The van der Waals surface area contributed by atoms with Gasteiger partial charge >= 0.3 is 11.9 Å². The Balaban J connectivity index is 0.000000316. The largest absolute Gasteiger partial charge is 0.491 e. The number of hydrogen-bond acceptors (Lipinski definition) is 11. The number of ether oxygens (including phenoxy) is 3. The van der Waals surface area contributed by atoms with Gasteiger partial charge in [-0.25, -0.2) is 0 Å². The van der Waals surface area contributed by atoms with Gasteiger partial charge in [0.2, 0.25) is 0 Å². The van der Waals surface area contributed by atoms with E-state index in [1.807, 2.05) is 24.3 Å². The van der Waals surface area contributed by atoms with E-state index in [4.69, 9.17) is 36.0 Å². The third-order valence-electron chi connectivity index (χ3n) is 8.06. The van der Waals surface area contributed by atoms with Gasteiger partial charge in [-0.1, -0.05) is 41.9 Å². The molecule has 0 bridgehead atoms. The van der Waals surface area contributed by atoms with E-state index in [9.17, 15) is 30.0 Å². The van der Waals surface area contributed by atoms with Crippen molar-refractivity contribution >= 4 is 23.5 Å². The summed E-state index contributed by atoms with van der Waals surface area (Å²) in [5, 5.41) is 62.9. The normalized spacial score (nSPS) is 26.4. The molecule has 3 saturated heterocycles. The highest BCUT2D eigenvalue weighted by Crippen LogP contribution is 2.34. The molecule has 0 unspecified atom stereocenters. The Labute approximate surface area is 285 Å². The van der Waals surface area contributed by atoms with Crippen LogP contribution >= 0.6 is 11.6 Å². The van der Waals surface area contributed by atoms with E-state index < -0.39 is 49.1 Å². The van der Waals surface area contributed by atoms with Crippen molar-refractivity contribution in [1.29, 1.82) is 0 Å². The molecule has 2 aromatic carbocycles. The Hall–Kier alpha value is -3.11. The second kappa shape index (κ2) is 20.4. The van der Waals surface area contributed by atoms with Crippen molar-refractivity contribution in [3.8, 4) is 5.75 Å². The van der Waals surface area contributed by atoms with Crippen LogP contribution in [0.4, 0.5) is 0 Å². The fourth-order valence-corrected chi connectivity index (χ4v) is 5.57. The van der Waals surface area contributed by atoms with Crippen LogP contribution in [-0.2, 0) is 25.5 Å². The molecule has 13 nitrogen and oxygen atoms in total. The molecule has 266 valence electrons. The first-order valence-corrected chi connectivity index (χ1v) is 16.3. The van der Waals surface area contributed by atoms with Crippen molar-refractivity contribution < 1.29 is 54.4 Å². The predicted octanol–water partition coefficient (Wildman–Crippen LogP) is 1.67. The third-order valence-corrected chi connectivity index (χ3v) is 8.43. The van der Waals surface area contributed by atoms with Crippen LogP contribution in [0.15, 0.2) is 55.1 Å². The van der Waals surface area contributed by atoms with Gasteiger partial charge in [0, 0.05) is 5.02 Å². The average molecular weight is 695 g/mol. The minimum Gasteiger partial charge on any atom is -0.491 e. The quantitative estimate of drug-likeness (QED) is 0.118. The number of aliphatic hydroxyl groups excluding tert-OH is 4. The number of rotatable bonds is 12. The van der Waals surface area contributed by atoms with E-state index in [1.54, 1.807) is 24.3 Å². The van der Waals surface area contributed by atoms with Crippen molar-refractivity contribution in [2.75, 3.05) is 39.5 Å². The fraction of sp³-hybridized carbons (Fsp3) is 0.529. The minimum absolute atomic E-state index is 0.269. The number of nitrogens with one attached hydrogen (secondary N) is 2. The molecule has 0 spiro atoms. The first kappa shape index (κ1) is 39.3. The van der Waals surface area contributed by atoms with Crippen molar-refractivity contribution in [2.45, 2.75) is 74.7 Å². The van der Waals surface area contributed by atoms with E-state index in [-0.39, 0.29) is 12.1 Å². The van der Waals surface area contributed by atoms with Crippen molar-refractivity contribution in [2.24, 2.45) is 0 Å². The molecule has 0 amide bonds. The SMILES string of the molecule is C=CCOCCOc1ccc(Cc2cc([C@@H]3O[C@H](CO)[C@@H](O)[C@H](O)[C@H]3O)ccc2Cl)cc1.O=C(O)[C@@H]1CCCN1.O=C(O)[C@@H]1CCCN1. The van der Waals surface area contributed by atoms with Crippen LogP contribution in [0.1, 0.15) is 48.5 Å². The summed E-state index contributed by atoms with van der Waals surface area (Å²) in [4.78, 5) is 20.3. The molecule has 7 atom stereocenters. The topological polar surface area (TPSA) is 207 Å². The minimum atomic E-state index is -1.43. The summed E-state index contributed by atoms with van der Waals surface area (Å²) in [5.41, 5.74) is 2.42. The van der Waals surface area contributed by atoms with Gasteiger partial charge in [0.15, 0.2) is 0 Å². The van der Waals surface area contributed by atoms with Crippen molar-refractivity contribution in [3.63, 3.8) is 0 Å². The molecule has 14 heteroatoms. The number of carboxylic acids is 2. The molecule has 3 aliphatic heterocycles. The first-order valence-electron chi connectivity index (χ1n) is 16.0. The third kappa shape index (κ3) is 12.1. The molecule has 3 heterocycles. The fourth-order valence-electron chi connectivity index (χ4n) is 5.38. The van der Waals surface area contributed by atoms with Gasteiger partial charge in [0.05, 0.1) is 19.8 Å². The van der Waals surface area contributed by atoms with Gasteiger partial charge in [-0.15, -0.1) is 6.58 Å². The maximum absolute atomic E-state index is 10.4. The standard InChI is InChI=1S/C24H29ClO7.2C5H9NO2/c1-2-9-30-10-11-31-18-6-3-15(4-7-18)12-17-13-16(5-8-19(17)25)24-23(29)22(28)21(27)20(14-26)32-24;2*7-5(8)4-2-1-3-6-4/h2-8,13,20-24,26-29H,1,9-12,14H2;2*4,6H,1-3H2,(H,7,8)/t20-,21-,22+,23-,24+;2*4-/m100/s1. The summed E-state index contributed by atoms with van der Waals surface area (Å²) in [6.07, 6.45) is -0.244. The molecule has 8 N–H and O–H groups in total. The van der Waals surface area contributed by atoms with E-state index >= 15 is 0 Å². The molecular weight excluding hydrogens is 648 g/mol. The van der Waals surface area contributed by atoms with Crippen LogP contribution in [-0.4, -0.2) is 119 Å². The Morgan fingerprint density at radius 1 is 0.917 bits per heavy atom. The lowest BCUT2D eigenvalue weighted by atomic mass is 9.90. The maximum Gasteiger partial charge on any atom is 0.320 e. The summed E-state index contributed by atoms with van der Waals surface area (Å²) < 4.78 is 16.6. The van der Waals surface area contributed by atoms with Gasteiger partial charge in [-0.2, -0.15) is 0 Å². The van der Waals surface area contributed by atoms with Gasteiger partial charge in [-0.05, 0) is 80.1 Å². The van der Waals surface area contributed by atoms with Crippen LogP contribution < -0.4 is 15.4 Å². The van der Waals surface area contributed by atoms with E-state index in [1.165, 1.54) is 0 Å². The highest BCUT2D eigenvalue weighted by molar-refractivity contribution is 6.31. The zero-order valence-electron chi connectivity index (χ0n) is 26.7. The molecule has 2 aromatic rings. The lowest BCUT2D eigenvalue weighted by Gasteiger charge is -2.40. The lowest BCUT2D eigenvalue weighted by molar-refractivity contribution is -0.231. The molecular formula is C34H47ClN2O11. The summed E-state index contributed by atoms with van der Waals surface area (Å²) in [6, 6.07) is 12.3. The molecule has 0 aliphatic carbocycles. The van der Waals surface area contributed by atoms with E-state index in [0.717, 1.165) is 55.6 Å². The second-order valence-corrected chi connectivity index (χ2v) is 12.0. The number of benzene rings is 2.